The van der Waals surface area contributed by atoms with Crippen LogP contribution in [0.3, 0.4) is 0 Å². The number of piperazine rings is 1. The molecule has 2 N–H and O–H groups in total. The quantitative estimate of drug-likeness (QED) is 0.498. The average molecular weight is 447 g/mol. The predicted molar refractivity (Wildman–Crippen MR) is 124 cm³/mol. The first-order chi connectivity index (χ1) is 15.8. The molecule has 33 heavy (non-hydrogen) atoms. The van der Waals surface area contributed by atoms with Gasteiger partial charge in [-0.2, -0.15) is 0 Å². The lowest BCUT2D eigenvalue weighted by Gasteiger charge is -2.37. The van der Waals surface area contributed by atoms with Crippen LogP contribution >= 0.6 is 0 Å². The van der Waals surface area contributed by atoms with Crippen molar-refractivity contribution in [1.29, 1.82) is 0 Å². The summed E-state index contributed by atoms with van der Waals surface area (Å²) in [6, 6.07) is 10.5. The molecule has 2 atom stereocenters. The maximum atomic E-state index is 15.2. The van der Waals surface area contributed by atoms with Crippen molar-refractivity contribution >= 4 is 33.7 Å². The van der Waals surface area contributed by atoms with E-state index in [9.17, 15) is 14.7 Å². The zero-order valence-electron chi connectivity index (χ0n) is 18.1. The zero-order chi connectivity index (χ0) is 23.3. The fourth-order valence-electron chi connectivity index (χ4n) is 4.50. The molecule has 0 aliphatic carbocycles. The van der Waals surface area contributed by atoms with Crippen LogP contribution in [0.25, 0.3) is 27.6 Å². The highest BCUT2D eigenvalue weighted by Gasteiger charge is 2.26. The fourth-order valence-corrected chi connectivity index (χ4v) is 4.50. The molecule has 1 aliphatic heterocycles. The number of nitrogens with zero attached hydrogens (tertiary/aromatic N) is 4. The first-order valence-corrected chi connectivity index (χ1v) is 10.7. The second-order valence-electron chi connectivity index (χ2n) is 8.47. The van der Waals surface area contributed by atoms with Crippen LogP contribution in [0.2, 0.25) is 0 Å². The average Bonchev–Trinajstić information content (AvgIpc) is 2.78. The van der Waals surface area contributed by atoms with Crippen molar-refractivity contribution in [3.8, 4) is 5.69 Å². The van der Waals surface area contributed by atoms with Crippen molar-refractivity contribution in [2.45, 2.75) is 25.9 Å². The minimum Gasteiger partial charge on any atom is -0.477 e. The molecule has 1 fully saturated rings. The van der Waals surface area contributed by atoms with Gasteiger partial charge in [-0.25, -0.2) is 14.2 Å². The first kappa shape index (κ1) is 21.0. The molecule has 0 saturated carbocycles. The van der Waals surface area contributed by atoms with Gasteiger partial charge >= 0.3 is 5.97 Å². The Balaban J connectivity index is 1.78. The zero-order valence-corrected chi connectivity index (χ0v) is 18.1. The van der Waals surface area contributed by atoms with Gasteiger partial charge in [0.15, 0.2) is 17.3 Å². The van der Waals surface area contributed by atoms with E-state index in [0.717, 1.165) is 17.0 Å². The molecular formula is C24H22FN5O3. The SMILES string of the molecule is C[C@@H]1CN(c2nc3c(cc2F)c(=O)c(C(=O)O)cn3-c2ccc3ncccc3c2)C[C@H](C)N1. The highest BCUT2D eigenvalue weighted by molar-refractivity contribution is 5.93. The predicted octanol–water partition coefficient (Wildman–Crippen LogP) is 2.96. The Morgan fingerprint density at radius 3 is 2.67 bits per heavy atom. The Bertz CT molecular complexity index is 1460. The standard InChI is InChI=1S/C24H22FN5O3/c1-13-10-29(11-14(2)27-13)23-19(25)9-17-21(31)18(24(32)33)12-30(22(17)28-23)16-5-6-20-15(8-16)4-3-7-26-20/h3-9,12-14,27H,10-11H2,1-2H3,(H,32,33)/t13-,14+. The Hall–Kier alpha value is -3.85. The third-order valence-corrected chi connectivity index (χ3v) is 5.87. The van der Waals surface area contributed by atoms with Gasteiger partial charge in [0, 0.05) is 48.6 Å². The van der Waals surface area contributed by atoms with Crippen molar-refractivity contribution in [3.63, 3.8) is 0 Å². The van der Waals surface area contributed by atoms with Crippen LogP contribution in [0.1, 0.15) is 24.2 Å². The summed E-state index contributed by atoms with van der Waals surface area (Å²) < 4.78 is 16.7. The number of hydrogen-bond acceptors (Lipinski definition) is 6. The normalized spacial score (nSPS) is 18.7. The van der Waals surface area contributed by atoms with Crippen LogP contribution in [0.15, 0.2) is 53.6 Å². The summed E-state index contributed by atoms with van der Waals surface area (Å²) in [4.78, 5) is 35.4. The molecule has 3 aromatic heterocycles. The summed E-state index contributed by atoms with van der Waals surface area (Å²) in [5.41, 5.74) is 0.343. The highest BCUT2D eigenvalue weighted by Crippen LogP contribution is 2.26. The molecule has 9 heteroatoms. The number of carbonyl (C=O) groups is 1. The van der Waals surface area contributed by atoms with Crippen molar-refractivity contribution in [2.24, 2.45) is 0 Å². The van der Waals surface area contributed by atoms with Gasteiger partial charge in [-0.3, -0.25) is 9.78 Å². The molecule has 168 valence electrons. The number of hydrogen-bond donors (Lipinski definition) is 2. The van der Waals surface area contributed by atoms with Crippen molar-refractivity contribution in [1.82, 2.24) is 19.9 Å². The van der Waals surface area contributed by atoms with Crippen LogP contribution in [0.5, 0.6) is 0 Å². The van der Waals surface area contributed by atoms with E-state index in [2.05, 4.69) is 15.3 Å². The Labute approximate surface area is 188 Å². The molecule has 1 aromatic carbocycles. The number of fused-ring (bicyclic) bond motifs is 2. The number of carboxylic acids is 1. The smallest absolute Gasteiger partial charge is 0.341 e. The van der Waals surface area contributed by atoms with Crippen molar-refractivity contribution in [2.75, 3.05) is 18.0 Å². The number of aromatic nitrogens is 3. The second kappa shape index (κ2) is 7.93. The van der Waals surface area contributed by atoms with E-state index in [-0.39, 0.29) is 28.9 Å². The first-order valence-electron chi connectivity index (χ1n) is 10.7. The lowest BCUT2D eigenvalue weighted by molar-refractivity contribution is 0.0695. The van der Waals surface area contributed by atoms with Crippen LogP contribution in [0.4, 0.5) is 10.2 Å². The van der Waals surface area contributed by atoms with E-state index < -0.39 is 22.8 Å². The third-order valence-electron chi connectivity index (χ3n) is 5.87. The third kappa shape index (κ3) is 3.70. The monoisotopic (exact) mass is 447 g/mol. The summed E-state index contributed by atoms with van der Waals surface area (Å²) in [6.45, 7) is 5.14. The number of aromatic carboxylic acids is 1. The van der Waals surface area contributed by atoms with E-state index in [1.54, 1.807) is 24.4 Å². The summed E-state index contributed by atoms with van der Waals surface area (Å²) in [5.74, 6) is -1.90. The van der Waals surface area contributed by atoms with Gasteiger partial charge in [0.25, 0.3) is 0 Å². The summed E-state index contributed by atoms with van der Waals surface area (Å²) >= 11 is 0. The highest BCUT2D eigenvalue weighted by atomic mass is 19.1. The summed E-state index contributed by atoms with van der Waals surface area (Å²) in [6.07, 6.45) is 2.94. The van der Waals surface area contributed by atoms with Crippen LogP contribution in [-0.4, -0.2) is 50.8 Å². The number of halogens is 1. The summed E-state index contributed by atoms with van der Waals surface area (Å²) in [7, 11) is 0. The molecule has 0 bridgehead atoms. The molecular weight excluding hydrogens is 425 g/mol. The minimum absolute atomic E-state index is 0.0846. The fraction of sp³-hybridized carbons (Fsp3) is 0.250. The number of anilines is 1. The molecule has 5 rings (SSSR count). The summed E-state index contributed by atoms with van der Waals surface area (Å²) in [5, 5.41) is 13.8. The van der Waals surface area contributed by atoms with Gasteiger partial charge in [-0.1, -0.05) is 6.07 Å². The number of nitrogens with one attached hydrogen (secondary N) is 1. The molecule has 8 nitrogen and oxygen atoms in total. The molecule has 0 unspecified atom stereocenters. The van der Waals surface area contributed by atoms with Crippen molar-refractivity contribution < 1.29 is 14.3 Å². The van der Waals surface area contributed by atoms with Crippen molar-refractivity contribution in [3.05, 3.63) is 70.4 Å². The molecule has 0 spiro atoms. The van der Waals surface area contributed by atoms with E-state index >= 15 is 4.39 Å². The topological polar surface area (TPSA) is 100 Å². The van der Waals surface area contributed by atoms with E-state index in [0.29, 0.717) is 18.8 Å². The van der Waals surface area contributed by atoms with Gasteiger partial charge < -0.3 is 19.9 Å². The maximum Gasteiger partial charge on any atom is 0.341 e. The Morgan fingerprint density at radius 1 is 1.18 bits per heavy atom. The van der Waals surface area contributed by atoms with Crippen LogP contribution in [0, 0.1) is 5.82 Å². The van der Waals surface area contributed by atoms with E-state index in [1.165, 1.54) is 10.8 Å². The van der Waals surface area contributed by atoms with E-state index in [4.69, 9.17) is 0 Å². The molecule has 1 aliphatic rings. The van der Waals surface area contributed by atoms with E-state index in [1.807, 2.05) is 30.9 Å². The molecule has 0 radical (unpaired) electrons. The maximum absolute atomic E-state index is 15.2. The lowest BCUT2D eigenvalue weighted by Crippen LogP contribution is -2.54. The minimum atomic E-state index is -1.38. The van der Waals surface area contributed by atoms with Crippen LogP contribution in [-0.2, 0) is 0 Å². The second-order valence-corrected chi connectivity index (χ2v) is 8.47. The molecule has 4 heterocycles. The van der Waals surface area contributed by atoms with Gasteiger partial charge in [0.05, 0.1) is 10.9 Å². The van der Waals surface area contributed by atoms with Crippen LogP contribution < -0.4 is 15.6 Å². The molecule has 1 saturated heterocycles. The number of benzene rings is 1. The number of pyridine rings is 3. The number of carboxylic acid groups (broad SMARTS) is 1. The number of rotatable bonds is 3. The van der Waals surface area contributed by atoms with Gasteiger partial charge in [-0.15, -0.1) is 0 Å². The largest absolute Gasteiger partial charge is 0.477 e. The Morgan fingerprint density at radius 2 is 1.94 bits per heavy atom. The Kier molecular flexibility index (Phi) is 5.05. The van der Waals surface area contributed by atoms with Gasteiger partial charge in [0.1, 0.15) is 5.56 Å². The molecule has 0 amide bonds. The molecule has 4 aromatic rings. The van der Waals surface area contributed by atoms with Gasteiger partial charge in [-0.05, 0) is 44.2 Å². The lowest BCUT2D eigenvalue weighted by atomic mass is 10.1. The van der Waals surface area contributed by atoms with Gasteiger partial charge in [0.2, 0.25) is 5.43 Å².